The minimum Gasteiger partial charge on any atom is -0.466 e. The minimum atomic E-state index is -4.83. The number of pyridine rings is 1. The van der Waals surface area contributed by atoms with Crippen molar-refractivity contribution in [1.82, 2.24) is 15.2 Å². The van der Waals surface area contributed by atoms with Crippen molar-refractivity contribution < 1.29 is 32.2 Å². The zero-order valence-corrected chi connectivity index (χ0v) is 29.3. The van der Waals surface area contributed by atoms with Crippen molar-refractivity contribution in [1.29, 1.82) is 0 Å². The zero-order chi connectivity index (χ0) is 36.8. The number of carbonyl (C=O) groups excluding carboxylic acids is 2. The number of aromatic nitrogens is 1. The lowest BCUT2D eigenvalue weighted by molar-refractivity contribution is -0.143. The van der Waals surface area contributed by atoms with Gasteiger partial charge in [-0.2, -0.15) is 13.2 Å². The number of piperazine rings is 1. The van der Waals surface area contributed by atoms with Gasteiger partial charge in [-0.3, -0.25) is 9.88 Å². The summed E-state index contributed by atoms with van der Waals surface area (Å²) >= 11 is 0. The number of dihydropyridines is 1. The fourth-order valence-electron chi connectivity index (χ4n) is 7.18. The molecule has 11 heteroatoms. The smallest absolute Gasteiger partial charge is 0.433 e. The van der Waals surface area contributed by atoms with Crippen LogP contribution < -0.4 is 10.2 Å². The molecule has 1 aromatic heterocycles. The van der Waals surface area contributed by atoms with E-state index in [4.69, 9.17) is 9.47 Å². The Morgan fingerprint density at radius 2 is 1.38 bits per heavy atom. The normalized spacial score (nSPS) is 16.9. The number of carbonyl (C=O) groups is 2. The second-order valence-corrected chi connectivity index (χ2v) is 12.9. The highest BCUT2D eigenvalue weighted by atomic mass is 19.4. The average Bonchev–Trinajstić information content (AvgIpc) is 3.15. The molecule has 3 aromatic carbocycles. The lowest BCUT2D eigenvalue weighted by Crippen LogP contribution is -2.48. The van der Waals surface area contributed by atoms with Crippen LogP contribution in [-0.2, 0) is 31.7 Å². The molecular formula is C41H41F3N4O4. The average molecular weight is 711 g/mol. The lowest BCUT2D eigenvalue weighted by Gasteiger charge is -2.40. The molecule has 0 aliphatic carbocycles. The van der Waals surface area contributed by atoms with Gasteiger partial charge in [0.05, 0.1) is 36.8 Å². The molecule has 3 heterocycles. The first-order valence-electron chi connectivity index (χ1n) is 17.2. The van der Waals surface area contributed by atoms with Crippen molar-refractivity contribution in [2.24, 2.45) is 0 Å². The maximum atomic E-state index is 14.1. The van der Waals surface area contributed by atoms with Crippen molar-refractivity contribution in [2.45, 2.75) is 38.4 Å². The first kappa shape index (κ1) is 36.4. The molecule has 0 radical (unpaired) electrons. The Balaban J connectivity index is 1.11. The van der Waals surface area contributed by atoms with Gasteiger partial charge in [0.2, 0.25) is 0 Å². The van der Waals surface area contributed by atoms with E-state index in [0.717, 1.165) is 50.7 Å². The second kappa shape index (κ2) is 15.9. The van der Waals surface area contributed by atoms with Crippen LogP contribution in [0.4, 0.5) is 18.9 Å². The molecule has 1 atom stereocenters. The van der Waals surface area contributed by atoms with Crippen molar-refractivity contribution in [3.8, 4) is 0 Å². The molecule has 8 nitrogen and oxygen atoms in total. The van der Waals surface area contributed by atoms with Crippen LogP contribution in [0, 0.1) is 0 Å². The summed E-state index contributed by atoms with van der Waals surface area (Å²) in [7, 11) is 1.13. The van der Waals surface area contributed by atoms with Gasteiger partial charge < -0.3 is 19.7 Å². The summed E-state index contributed by atoms with van der Waals surface area (Å²) in [5.41, 5.74) is 3.37. The third-order valence-corrected chi connectivity index (χ3v) is 9.64. The van der Waals surface area contributed by atoms with Crippen molar-refractivity contribution >= 4 is 17.6 Å². The maximum absolute atomic E-state index is 14.1. The number of benzene rings is 3. The van der Waals surface area contributed by atoms with Crippen molar-refractivity contribution in [3.63, 3.8) is 0 Å². The zero-order valence-electron chi connectivity index (χ0n) is 29.3. The molecule has 1 fully saturated rings. The Kier molecular flexibility index (Phi) is 11.1. The largest absolute Gasteiger partial charge is 0.466 e. The van der Waals surface area contributed by atoms with Crippen LogP contribution in [0.2, 0.25) is 0 Å². The summed E-state index contributed by atoms with van der Waals surface area (Å²) in [4.78, 5) is 35.0. The second-order valence-electron chi connectivity index (χ2n) is 12.9. The molecule has 270 valence electrons. The van der Waals surface area contributed by atoms with Gasteiger partial charge in [0.15, 0.2) is 0 Å². The number of esters is 2. The minimum absolute atomic E-state index is 0.0177. The standard InChI is InChI=1S/C41H41F3N4O4/c1-27-34(39(49)51-3)36(33-15-10-21-45-38(33)41(42,43)44)35(28(2)46-27)40(50)52-26-20-29-16-18-32(19-17-29)47-22-24-48(25-23-47)37(30-11-6-4-7-12-30)31-13-8-5-9-14-31/h4-19,21,36-37,46H,20,22-26H2,1-3H3. The topological polar surface area (TPSA) is 84.0 Å². The number of methoxy groups -OCH3 is 1. The van der Waals surface area contributed by atoms with Gasteiger partial charge in [0.25, 0.3) is 0 Å². The van der Waals surface area contributed by atoms with Gasteiger partial charge in [-0.25, -0.2) is 9.59 Å². The quantitative estimate of drug-likeness (QED) is 0.173. The summed E-state index contributed by atoms with van der Waals surface area (Å²) in [6.45, 7) is 6.62. The highest BCUT2D eigenvalue weighted by molar-refractivity contribution is 6.00. The van der Waals surface area contributed by atoms with E-state index >= 15 is 0 Å². The third-order valence-electron chi connectivity index (χ3n) is 9.64. The van der Waals surface area contributed by atoms with E-state index in [0.29, 0.717) is 6.42 Å². The van der Waals surface area contributed by atoms with Crippen LogP contribution in [0.15, 0.2) is 126 Å². The molecule has 52 heavy (non-hydrogen) atoms. The van der Waals surface area contributed by atoms with E-state index in [1.807, 2.05) is 24.3 Å². The summed E-state index contributed by atoms with van der Waals surface area (Å²) in [6.07, 6.45) is -3.42. The van der Waals surface area contributed by atoms with E-state index in [1.165, 1.54) is 23.3 Å². The predicted octanol–water partition coefficient (Wildman–Crippen LogP) is 7.21. The molecule has 2 aliphatic rings. The van der Waals surface area contributed by atoms with E-state index in [1.54, 1.807) is 13.8 Å². The van der Waals surface area contributed by atoms with Crippen LogP contribution in [0.25, 0.3) is 0 Å². The van der Waals surface area contributed by atoms with Gasteiger partial charge in [-0.15, -0.1) is 0 Å². The predicted molar refractivity (Wildman–Crippen MR) is 192 cm³/mol. The van der Waals surface area contributed by atoms with Gasteiger partial charge in [-0.05, 0) is 54.3 Å². The molecule has 1 unspecified atom stereocenters. The molecule has 0 amide bonds. The lowest BCUT2D eigenvalue weighted by atomic mass is 9.79. The number of anilines is 1. The Labute approximate surface area is 301 Å². The molecule has 1 saturated heterocycles. The first-order chi connectivity index (χ1) is 25.1. The summed E-state index contributed by atoms with van der Waals surface area (Å²) in [6, 6.07) is 32.0. The molecule has 0 spiro atoms. The Morgan fingerprint density at radius 3 is 1.94 bits per heavy atom. The number of nitrogens with one attached hydrogen (secondary N) is 1. The number of alkyl halides is 3. The third kappa shape index (κ3) is 7.89. The van der Waals surface area contributed by atoms with Crippen molar-refractivity contribution in [2.75, 3.05) is 44.8 Å². The molecule has 0 saturated carbocycles. The highest BCUT2D eigenvalue weighted by Crippen LogP contribution is 2.43. The fraction of sp³-hybridized carbons (Fsp3) is 0.293. The summed E-state index contributed by atoms with van der Waals surface area (Å²) in [5.74, 6) is -3.10. The Bertz CT molecular complexity index is 1900. The van der Waals surface area contributed by atoms with Crippen LogP contribution in [0.3, 0.4) is 0 Å². The number of hydrogen-bond acceptors (Lipinski definition) is 8. The van der Waals surface area contributed by atoms with E-state index in [9.17, 15) is 22.8 Å². The maximum Gasteiger partial charge on any atom is 0.433 e. The Morgan fingerprint density at radius 1 is 0.808 bits per heavy atom. The highest BCUT2D eigenvalue weighted by Gasteiger charge is 2.44. The van der Waals surface area contributed by atoms with Gasteiger partial charge in [-0.1, -0.05) is 78.9 Å². The number of rotatable bonds is 10. The SMILES string of the molecule is COC(=O)C1=C(C)NC(C)=C(C(=O)OCCc2ccc(N3CCN(C(c4ccccc4)c4ccccc4)CC3)cc2)C1c1cccnc1C(F)(F)F. The van der Waals surface area contributed by atoms with E-state index in [2.05, 4.69) is 80.8 Å². The van der Waals surface area contributed by atoms with Gasteiger partial charge in [0.1, 0.15) is 5.69 Å². The van der Waals surface area contributed by atoms with Gasteiger partial charge in [0, 0.05) is 55.9 Å². The Hall–Kier alpha value is -5.42. The molecule has 1 N–H and O–H groups in total. The molecule has 2 aliphatic heterocycles. The summed E-state index contributed by atoms with van der Waals surface area (Å²) < 4.78 is 52.9. The van der Waals surface area contributed by atoms with Crippen LogP contribution in [-0.4, -0.2) is 61.7 Å². The van der Waals surface area contributed by atoms with Crippen LogP contribution >= 0.6 is 0 Å². The first-order valence-corrected chi connectivity index (χ1v) is 17.2. The number of allylic oxidation sites excluding steroid dienone is 2. The monoisotopic (exact) mass is 710 g/mol. The van der Waals surface area contributed by atoms with Crippen LogP contribution in [0.5, 0.6) is 0 Å². The molecule has 4 aromatic rings. The molecular weight excluding hydrogens is 669 g/mol. The molecule has 0 bridgehead atoms. The van der Waals surface area contributed by atoms with Crippen LogP contribution in [0.1, 0.15) is 53.8 Å². The molecule has 6 rings (SSSR count). The number of halogens is 3. The van der Waals surface area contributed by atoms with E-state index < -0.39 is 29.7 Å². The van der Waals surface area contributed by atoms with Gasteiger partial charge >= 0.3 is 18.1 Å². The van der Waals surface area contributed by atoms with Crippen molar-refractivity contribution in [3.05, 3.63) is 154 Å². The summed E-state index contributed by atoms with van der Waals surface area (Å²) in [5, 5.41) is 2.95. The number of ether oxygens (including phenoxy) is 2. The number of hydrogen-bond donors (Lipinski definition) is 1. The number of nitrogens with zero attached hydrogens (tertiary/aromatic N) is 3. The van der Waals surface area contributed by atoms with E-state index in [-0.39, 0.29) is 40.8 Å². The fourth-order valence-corrected chi connectivity index (χ4v) is 7.18.